The van der Waals surface area contributed by atoms with E-state index in [2.05, 4.69) is 17.5 Å². The molecule has 0 aliphatic carbocycles. The van der Waals surface area contributed by atoms with E-state index in [1.165, 1.54) is 64.3 Å². The van der Waals surface area contributed by atoms with Crippen LogP contribution in [0.1, 0.15) is 74.2 Å². The van der Waals surface area contributed by atoms with Crippen LogP contribution >= 0.6 is 0 Å². The van der Waals surface area contributed by atoms with Gasteiger partial charge in [0, 0.05) is 11.1 Å². The zero-order chi connectivity index (χ0) is 22.3. The molecule has 2 N–H and O–H groups in total. The molecule has 0 saturated carbocycles. The number of methoxy groups -OCH3 is 1. The number of aromatic hydroxyl groups is 1. The number of rotatable bonds is 14. The highest BCUT2D eigenvalue weighted by Gasteiger charge is 2.05. The molecule has 0 radical (unpaired) electrons. The molecular weight excluding hydrogens is 392 g/mol. The first-order valence-corrected chi connectivity index (χ1v) is 11.1. The number of ether oxygens (including phenoxy) is 2. The molecule has 168 valence electrons. The zero-order valence-electron chi connectivity index (χ0n) is 18.6. The summed E-state index contributed by atoms with van der Waals surface area (Å²) in [6, 6.07) is 11.8. The summed E-state index contributed by atoms with van der Waals surface area (Å²) in [6.45, 7) is 2.93. The van der Waals surface area contributed by atoms with E-state index < -0.39 is 0 Å². The van der Waals surface area contributed by atoms with E-state index in [9.17, 15) is 9.90 Å². The second-order valence-corrected chi connectivity index (χ2v) is 7.47. The van der Waals surface area contributed by atoms with Gasteiger partial charge < -0.3 is 14.6 Å². The average molecular weight is 427 g/mol. The van der Waals surface area contributed by atoms with Crippen LogP contribution in [0.15, 0.2) is 47.6 Å². The molecule has 0 unspecified atom stereocenters. The zero-order valence-corrected chi connectivity index (χ0v) is 18.6. The number of nitrogens with zero attached hydrogens (tertiary/aromatic N) is 1. The second kappa shape index (κ2) is 14.1. The third-order valence-electron chi connectivity index (χ3n) is 4.99. The third kappa shape index (κ3) is 9.11. The van der Waals surface area contributed by atoms with Crippen molar-refractivity contribution in [3.8, 4) is 17.2 Å². The molecular formula is C25H34N2O4. The van der Waals surface area contributed by atoms with E-state index in [0.29, 0.717) is 23.5 Å². The van der Waals surface area contributed by atoms with Crippen molar-refractivity contribution >= 4 is 12.1 Å². The Hall–Kier alpha value is -3.02. The smallest absolute Gasteiger partial charge is 0.271 e. The number of carbonyl (C=O) groups excluding carboxylic acids is 1. The fraction of sp³-hybridized carbons (Fsp3) is 0.440. The van der Waals surface area contributed by atoms with Gasteiger partial charge in [0.15, 0.2) is 0 Å². The number of phenolic OH excluding ortho intramolecular Hbond substituents is 1. The van der Waals surface area contributed by atoms with Crippen LogP contribution in [0, 0.1) is 0 Å². The molecule has 0 atom stereocenters. The standard InChI is InChI=1S/C25H34N2O4/c1-3-4-5-6-7-8-9-10-17-31-22-13-11-20(12-14-22)25(29)27-26-19-21-18-23(30-2)15-16-24(21)28/h11-16,18-19,28H,3-10,17H2,1-2H3,(H,27,29)/b26-19-. The van der Waals surface area contributed by atoms with Crippen LogP contribution in [-0.4, -0.2) is 30.9 Å². The molecule has 31 heavy (non-hydrogen) atoms. The Labute approximate surface area is 185 Å². The Kier molecular flexibility index (Phi) is 11.0. The minimum atomic E-state index is -0.340. The first kappa shape index (κ1) is 24.3. The number of amides is 1. The molecule has 1 amide bonds. The maximum absolute atomic E-state index is 12.2. The number of carbonyl (C=O) groups is 1. The van der Waals surface area contributed by atoms with Gasteiger partial charge >= 0.3 is 0 Å². The first-order valence-electron chi connectivity index (χ1n) is 11.1. The predicted octanol–water partition coefficient (Wildman–Crippen LogP) is 5.68. The molecule has 0 fully saturated rings. The van der Waals surface area contributed by atoms with Gasteiger partial charge in [0.2, 0.25) is 0 Å². The normalized spacial score (nSPS) is 10.9. The molecule has 0 bridgehead atoms. The minimum Gasteiger partial charge on any atom is -0.507 e. The number of hydrogen-bond acceptors (Lipinski definition) is 5. The van der Waals surface area contributed by atoms with Gasteiger partial charge in [-0.2, -0.15) is 5.10 Å². The summed E-state index contributed by atoms with van der Waals surface area (Å²) in [5, 5.41) is 13.7. The highest BCUT2D eigenvalue weighted by molar-refractivity contribution is 5.95. The highest BCUT2D eigenvalue weighted by Crippen LogP contribution is 2.21. The molecule has 0 spiro atoms. The Balaban J connectivity index is 1.69. The van der Waals surface area contributed by atoms with E-state index >= 15 is 0 Å². The van der Waals surface area contributed by atoms with Crippen LogP contribution in [0.2, 0.25) is 0 Å². The maximum Gasteiger partial charge on any atom is 0.271 e. The third-order valence-corrected chi connectivity index (χ3v) is 4.99. The maximum atomic E-state index is 12.2. The van der Waals surface area contributed by atoms with Gasteiger partial charge in [-0.3, -0.25) is 4.79 Å². The van der Waals surface area contributed by atoms with Crippen LogP contribution in [0.4, 0.5) is 0 Å². The van der Waals surface area contributed by atoms with Crippen molar-refractivity contribution in [3.05, 3.63) is 53.6 Å². The summed E-state index contributed by atoms with van der Waals surface area (Å²) in [6.07, 6.45) is 11.5. The number of phenols is 1. The van der Waals surface area contributed by atoms with E-state index in [0.717, 1.165) is 12.2 Å². The van der Waals surface area contributed by atoms with Crippen LogP contribution in [0.3, 0.4) is 0 Å². The van der Waals surface area contributed by atoms with Gasteiger partial charge in [0.1, 0.15) is 17.2 Å². The molecule has 0 aliphatic rings. The topological polar surface area (TPSA) is 80.2 Å². The minimum absolute atomic E-state index is 0.0526. The van der Waals surface area contributed by atoms with E-state index in [-0.39, 0.29) is 11.7 Å². The monoisotopic (exact) mass is 426 g/mol. The number of nitrogens with one attached hydrogen (secondary N) is 1. The molecule has 2 rings (SSSR count). The molecule has 2 aromatic carbocycles. The Morgan fingerprint density at radius 1 is 0.968 bits per heavy atom. The fourth-order valence-electron chi connectivity index (χ4n) is 3.12. The predicted molar refractivity (Wildman–Crippen MR) is 124 cm³/mol. The molecule has 0 aliphatic heterocycles. The largest absolute Gasteiger partial charge is 0.507 e. The van der Waals surface area contributed by atoms with Crippen LogP contribution < -0.4 is 14.9 Å². The van der Waals surface area contributed by atoms with E-state index in [1.807, 2.05) is 0 Å². The summed E-state index contributed by atoms with van der Waals surface area (Å²) < 4.78 is 10.9. The van der Waals surface area contributed by atoms with Gasteiger partial charge in [-0.1, -0.05) is 51.9 Å². The lowest BCUT2D eigenvalue weighted by Crippen LogP contribution is -2.17. The Morgan fingerprint density at radius 3 is 2.29 bits per heavy atom. The van der Waals surface area contributed by atoms with E-state index in [1.54, 1.807) is 36.4 Å². The van der Waals surface area contributed by atoms with Gasteiger partial charge in [-0.15, -0.1) is 0 Å². The molecule has 0 heterocycles. The molecule has 2 aromatic rings. The molecule has 6 heteroatoms. The summed E-state index contributed by atoms with van der Waals surface area (Å²) in [4.78, 5) is 12.2. The Morgan fingerprint density at radius 2 is 1.61 bits per heavy atom. The first-order chi connectivity index (χ1) is 15.1. The average Bonchev–Trinajstić information content (AvgIpc) is 2.79. The van der Waals surface area contributed by atoms with Crippen LogP contribution in [0.25, 0.3) is 0 Å². The van der Waals surface area contributed by atoms with Crippen molar-refractivity contribution in [1.29, 1.82) is 0 Å². The Bertz CT molecular complexity index is 819. The van der Waals surface area contributed by atoms with Crippen molar-refractivity contribution in [1.82, 2.24) is 5.43 Å². The van der Waals surface area contributed by atoms with Gasteiger partial charge in [-0.05, 0) is 48.9 Å². The van der Waals surface area contributed by atoms with E-state index in [4.69, 9.17) is 9.47 Å². The van der Waals surface area contributed by atoms with Gasteiger partial charge in [0.05, 0.1) is 19.9 Å². The lowest BCUT2D eigenvalue weighted by Gasteiger charge is -2.07. The summed E-state index contributed by atoms with van der Waals surface area (Å²) >= 11 is 0. The van der Waals surface area contributed by atoms with Crippen LogP contribution in [0.5, 0.6) is 17.2 Å². The summed E-state index contributed by atoms with van der Waals surface area (Å²) in [5.41, 5.74) is 3.38. The lowest BCUT2D eigenvalue weighted by molar-refractivity contribution is 0.0955. The SMILES string of the molecule is CCCCCCCCCCOc1ccc(C(=O)N/N=C\c2cc(OC)ccc2O)cc1. The highest BCUT2D eigenvalue weighted by atomic mass is 16.5. The number of hydrazone groups is 1. The number of hydrogen-bond donors (Lipinski definition) is 2. The van der Waals surface area contributed by atoms with Gasteiger partial charge in [-0.25, -0.2) is 5.43 Å². The number of benzene rings is 2. The van der Waals surface area contributed by atoms with Crippen molar-refractivity contribution in [2.24, 2.45) is 5.10 Å². The quantitative estimate of drug-likeness (QED) is 0.231. The lowest BCUT2D eigenvalue weighted by atomic mass is 10.1. The van der Waals surface area contributed by atoms with Crippen molar-refractivity contribution in [2.75, 3.05) is 13.7 Å². The number of unbranched alkanes of at least 4 members (excludes halogenated alkanes) is 7. The summed E-state index contributed by atoms with van der Waals surface area (Å²) in [5.74, 6) is 1.06. The molecule has 0 aromatic heterocycles. The van der Waals surface area contributed by atoms with Gasteiger partial charge in [0.25, 0.3) is 5.91 Å². The van der Waals surface area contributed by atoms with Crippen molar-refractivity contribution in [2.45, 2.75) is 58.3 Å². The summed E-state index contributed by atoms with van der Waals surface area (Å²) in [7, 11) is 1.54. The second-order valence-electron chi connectivity index (χ2n) is 7.47. The molecule has 0 saturated heterocycles. The van der Waals surface area contributed by atoms with Crippen molar-refractivity contribution in [3.63, 3.8) is 0 Å². The molecule has 6 nitrogen and oxygen atoms in total. The van der Waals surface area contributed by atoms with Crippen molar-refractivity contribution < 1.29 is 19.4 Å². The van der Waals surface area contributed by atoms with Crippen LogP contribution in [-0.2, 0) is 0 Å². The fourth-order valence-corrected chi connectivity index (χ4v) is 3.12.